The summed E-state index contributed by atoms with van der Waals surface area (Å²) in [5.41, 5.74) is 2.32. The molecule has 100 valence electrons. The molecule has 0 bridgehead atoms. The van der Waals surface area contributed by atoms with Crippen molar-refractivity contribution in [2.75, 3.05) is 0 Å². The molecule has 0 saturated carbocycles. The van der Waals surface area contributed by atoms with Crippen LogP contribution in [0.4, 0.5) is 0 Å². The topological polar surface area (TPSA) is 52.3 Å². The molecule has 0 amide bonds. The van der Waals surface area contributed by atoms with Gasteiger partial charge in [0.05, 0.1) is 17.9 Å². The lowest BCUT2D eigenvalue weighted by atomic mass is 10.0. The highest BCUT2D eigenvalue weighted by Gasteiger charge is 2.15. The molecule has 4 heteroatoms. The number of rotatable bonds is 4. The minimum absolute atomic E-state index is 0.0589. The van der Waals surface area contributed by atoms with Crippen molar-refractivity contribution in [2.24, 2.45) is 0 Å². The molecule has 4 nitrogen and oxygen atoms in total. The summed E-state index contributed by atoms with van der Waals surface area (Å²) in [6.07, 6.45) is 1.58. The van der Waals surface area contributed by atoms with Crippen LogP contribution in [-0.4, -0.2) is 17.0 Å². The number of ether oxygens (including phenoxy) is 1. The van der Waals surface area contributed by atoms with Gasteiger partial charge in [0.2, 0.25) is 0 Å². The summed E-state index contributed by atoms with van der Waals surface area (Å²) in [5, 5.41) is 3.69. The van der Waals surface area contributed by atoms with E-state index in [1.54, 1.807) is 0 Å². The van der Waals surface area contributed by atoms with Crippen LogP contribution in [0.2, 0.25) is 0 Å². The Morgan fingerprint density at radius 2 is 2.11 bits per heavy atom. The number of benzene rings is 1. The van der Waals surface area contributed by atoms with Crippen molar-refractivity contribution in [3.8, 4) is 17.1 Å². The minimum atomic E-state index is -0.0589. The molecule has 1 aromatic heterocycles. The average Bonchev–Trinajstić information content (AvgIpc) is 2.80. The molecule has 0 saturated heterocycles. The summed E-state index contributed by atoms with van der Waals surface area (Å²) < 4.78 is 10.9. The van der Waals surface area contributed by atoms with Crippen LogP contribution in [0, 0.1) is 6.92 Å². The monoisotopic (exact) mass is 259 g/mol. The zero-order chi connectivity index (χ0) is 14.0. The first kappa shape index (κ1) is 13.3. The van der Waals surface area contributed by atoms with E-state index in [4.69, 9.17) is 9.26 Å². The van der Waals surface area contributed by atoms with Crippen LogP contribution in [0.5, 0.6) is 5.75 Å². The van der Waals surface area contributed by atoms with Crippen molar-refractivity contribution in [3.05, 3.63) is 35.5 Å². The van der Waals surface area contributed by atoms with Gasteiger partial charge in [0.15, 0.2) is 11.5 Å². The molecular formula is C15H17NO3. The maximum atomic E-state index is 11.5. The van der Waals surface area contributed by atoms with Gasteiger partial charge in [-0.05, 0) is 51.5 Å². The summed E-state index contributed by atoms with van der Waals surface area (Å²) in [6, 6.07) is 5.69. The predicted octanol–water partition coefficient (Wildman–Crippen LogP) is 3.64. The van der Waals surface area contributed by atoms with Crippen molar-refractivity contribution < 1.29 is 14.1 Å². The van der Waals surface area contributed by atoms with Gasteiger partial charge in [-0.3, -0.25) is 4.79 Å². The van der Waals surface area contributed by atoms with E-state index in [0.29, 0.717) is 11.3 Å². The van der Waals surface area contributed by atoms with Gasteiger partial charge in [-0.25, -0.2) is 0 Å². The smallest absolute Gasteiger partial charge is 0.177 e. The molecule has 0 aliphatic carbocycles. The Morgan fingerprint density at radius 3 is 2.68 bits per heavy atom. The van der Waals surface area contributed by atoms with E-state index >= 15 is 0 Å². The number of carbonyl (C=O) groups excluding carboxylic acids is 1. The van der Waals surface area contributed by atoms with Gasteiger partial charge in [0.25, 0.3) is 0 Å². The molecule has 0 unspecified atom stereocenters. The zero-order valence-corrected chi connectivity index (χ0v) is 11.6. The second-order valence-corrected chi connectivity index (χ2v) is 4.77. The molecule has 0 atom stereocenters. The van der Waals surface area contributed by atoms with Crippen molar-refractivity contribution in [1.82, 2.24) is 5.16 Å². The Hall–Kier alpha value is -2.10. The summed E-state index contributed by atoms with van der Waals surface area (Å²) in [4.78, 5) is 11.5. The first-order valence-corrected chi connectivity index (χ1v) is 6.22. The fraction of sp³-hybridized carbons (Fsp3) is 0.333. The average molecular weight is 259 g/mol. The molecule has 0 aliphatic heterocycles. The molecule has 0 fully saturated rings. The Kier molecular flexibility index (Phi) is 3.69. The predicted molar refractivity (Wildman–Crippen MR) is 72.4 cm³/mol. The third-order valence-electron chi connectivity index (χ3n) is 2.75. The van der Waals surface area contributed by atoms with E-state index in [9.17, 15) is 4.79 Å². The first-order valence-electron chi connectivity index (χ1n) is 6.22. The Morgan fingerprint density at radius 1 is 1.37 bits per heavy atom. The van der Waals surface area contributed by atoms with Gasteiger partial charge in [0, 0.05) is 5.56 Å². The minimum Gasteiger partial charge on any atom is -0.491 e. The molecule has 2 aromatic rings. The van der Waals surface area contributed by atoms with Crippen LogP contribution in [0.3, 0.4) is 0 Å². The van der Waals surface area contributed by atoms with Crippen LogP contribution < -0.4 is 4.74 Å². The van der Waals surface area contributed by atoms with E-state index in [2.05, 4.69) is 5.16 Å². The largest absolute Gasteiger partial charge is 0.491 e. The number of hydrogen-bond acceptors (Lipinski definition) is 4. The highest BCUT2D eigenvalue weighted by molar-refractivity contribution is 5.99. The second kappa shape index (κ2) is 5.26. The van der Waals surface area contributed by atoms with Crippen molar-refractivity contribution in [3.63, 3.8) is 0 Å². The van der Waals surface area contributed by atoms with Crippen LogP contribution in [0.25, 0.3) is 11.3 Å². The molecule has 0 radical (unpaired) electrons. The fourth-order valence-corrected chi connectivity index (χ4v) is 1.88. The van der Waals surface area contributed by atoms with Gasteiger partial charge in [-0.2, -0.15) is 0 Å². The van der Waals surface area contributed by atoms with Crippen molar-refractivity contribution >= 4 is 5.78 Å². The molecule has 0 spiro atoms. The van der Waals surface area contributed by atoms with E-state index in [0.717, 1.165) is 16.9 Å². The lowest BCUT2D eigenvalue weighted by Crippen LogP contribution is -2.06. The lowest BCUT2D eigenvalue weighted by molar-refractivity contribution is 0.101. The third kappa shape index (κ3) is 2.84. The van der Waals surface area contributed by atoms with Crippen molar-refractivity contribution in [1.29, 1.82) is 0 Å². The van der Waals surface area contributed by atoms with E-state index in [1.165, 1.54) is 13.1 Å². The molecule has 0 aliphatic rings. The number of aryl methyl sites for hydroxylation is 1. The molecule has 0 N–H and O–H groups in total. The Bertz CT molecular complexity index is 599. The van der Waals surface area contributed by atoms with Gasteiger partial charge < -0.3 is 9.26 Å². The molecule has 1 aromatic carbocycles. The molecule has 1 heterocycles. The number of hydrogen-bond donors (Lipinski definition) is 0. The number of Topliss-reactive ketones (excluding diaryl/α,β-unsaturated/α-hetero) is 1. The standard InChI is InChI=1S/C15H17NO3/c1-9(2)18-14-6-5-12(7-10(14)3)15-13(11(4)17)8-16-19-15/h5-9H,1-4H3. The van der Waals surface area contributed by atoms with E-state index in [-0.39, 0.29) is 11.9 Å². The van der Waals surface area contributed by atoms with Crippen LogP contribution in [0.1, 0.15) is 36.7 Å². The second-order valence-electron chi connectivity index (χ2n) is 4.77. The van der Waals surface area contributed by atoms with Crippen LogP contribution in [0.15, 0.2) is 28.9 Å². The van der Waals surface area contributed by atoms with Gasteiger partial charge in [-0.15, -0.1) is 0 Å². The quantitative estimate of drug-likeness (QED) is 0.786. The lowest BCUT2D eigenvalue weighted by Gasteiger charge is -2.12. The third-order valence-corrected chi connectivity index (χ3v) is 2.75. The van der Waals surface area contributed by atoms with E-state index in [1.807, 2.05) is 39.0 Å². The number of ketones is 1. The number of carbonyl (C=O) groups is 1. The van der Waals surface area contributed by atoms with Gasteiger partial charge in [0.1, 0.15) is 5.75 Å². The summed E-state index contributed by atoms with van der Waals surface area (Å²) >= 11 is 0. The van der Waals surface area contributed by atoms with Gasteiger partial charge >= 0.3 is 0 Å². The highest BCUT2D eigenvalue weighted by Crippen LogP contribution is 2.29. The SMILES string of the molecule is CC(=O)c1cnoc1-c1ccc(OC(C)C)c(C)c1. The number of aromatic nitrogens is 1. The number of nitrogens with zero attached hydrogens (tertiary/aromatic N) is 1. The Labute approximate surface area is 112 Å². The zero-order valence-electron chi connectivity index (χ0n) is 11.6. The van der Waals surface area contributed by atoms with Crippen LogP contribution >= 0.6 is 0 Å². The van der Waals surface area contributed by atoms with Gasteiger partial charge in [-0.1, -0.05) is 5.16 Å². The maximum Gasteiger partial charge on any atom is 0.177 e. The summed E-state index contributed by atoms with van der Waals surface area (Å²) in [6.45, 7) is 7.43. The highest BCUT2D eigenvalue weighted by atomic mass is 16.5. The van der Waals surface area contributed by atoms with E-state index < -0.39 is 0 Å². The molecule has 19 heavy (non-hydrogen) atoms. The normalized spacial score (nSPS) is 10.8. The first-order chi connectivity index (χ1) is 8.99. The summed E-state index contributed by atoms with van der Waals surface area (Å²) in [5.74, 6) is 1.28. The van der Waals surface area contributed by atoms with Crippen molar-refractivity contribution in [2.45, 2.75) is 33.8 Å². The molecule has 2 rings (SSSR count). The molecular weight excluding hydrogens is 242 g/mol. The maximum absolute atomic E-state index is 11.5. The fourth-order valence-electron chi connectivity index (χ4n) is 1.88. The van der Waals surface area contributed by atoms with Crippen LogP contribution in [-0.2, 0) is 0 Å². The Balaban J connectivity index is 2.39. The summed E-state index contributed by atoms with van der Waals surface area (Å²) in [7, 11) is 0.